The molecule has 4 heterocycles. The van der Waals surface area contributed by atoms with E-state index in [1.807, 2.05) is 25.7 Å². The molecular weight excluding hydrogens is 841 g/mol. The van der Waals surface area contributed by atoms with Crippen molar-refractivity contribution in [1.29, 1.82) is 0 Å². The van der Waals surface area contributed by atoms with Gasteiger partial charge in [-0.25, -0.2) is 14.6 Å². The van der Waals surface area contributed by atoms with Crippen LogP contribution in [0.1, 0.15) is 79.1 Å². The maximum absolute atomic E-state index is 13.8. The van der Waals surface area contributed by atoms with Gasteiger partial charge in [0.2, 0.25) is 11.8 Å². The van der Waals surface area contributed by atoms with E-state index in [1.165, 1.54) is 13.2 Å². The number of rotatable bonds is 10. The number of nitrogens with one attached hydrogen (secondary N) is 3. The molecule has 3 aliphatic heterocycles. The number of likely N-dealkylation sites (tertiary alicyclic amines) is 2. The number of H-pyrrole nitrogens is 1. The van der Waals surface area contributed by atoms with Gasteiger partial charge >= 0.3 is 18.5 Å². The summed E-state index contributed by atoms with van der Waals surface area (Å²) in [6.07, 6.45) is -0.984. The van der Waals surface area contributed by atoms with Crippen LogP contribution in [0.3, 0.4) is 0 Å². The SMILES string of the molecule is COC(=O)N[C@H](C(=O)N1C[C@@H](C)C[C@H]1c1nc(-c2ccc(-c3cc(Cl)c(NC(=O)N4CCC(N5CCN(C(=O)[C@H]6CC6(C)C)C[C@@H]5C)CC4)cc3OC(F)(F)F)cc2)c[nH]1)C(C)C. The number of imidazole rings is 1. The van der Waals surface area contributed by atoms with Gasteiger partial charge in [-0.15, -0.1) is 13.2 Å². The van der Waals surface area contributed by atoms with E-state index < -0.39 is 30.3 Å². The number of methoxy groups -OCH3 is 1. The summed E-state index contributed by atoms with van der Waals surface area (Å²) in [7, 11) is 1.24. The van der Waals surface area contributed by atoms with Crippen LogP contribution in [-0.4, -0.2) is 124 Å². The van der Waals surface area contributed by atoms with Crippen molar-refractivity contribution in [2.24, 2.45) is 23.2 Å². The van der Waals surface area contributed by atoms with E-state index in [1.54, 1.807) is 40.3 Å². The molecule has 342 valence electrons. The molecule has 3 saturated heterocycles. The molecular formula is C45H58ClF3N8O6. The van der Waals surface area contributed by atoms with Crippen molar-refractivity contribution in [3.8, 4) is 28.1 Å². The van der Waals surface area contributed by atoms with Crippen molar-refractivity contribution >= 4 is 41.2 Å². The molecule has 4 fully saturated rings. The van der Waals surface area contributed by atoms with Crippen molar-refractivity contribution in [1.82, 2.24) is 34.9 Å². The third-order valence-electron chi connectivity index (χ3n) is 13.1. The molecule has 63 heavy (non-hydrogen) atoms. The van der Waals surface area contributed by atoms with Crippen LogP contribution in [-0.2, 0) is 14.3 Å². The summed E-state index contributed by atoms with van der Waals surface area (Å²) < 4.78 is 50.7. The highest BCUT2D eigenvalue weighted by Crippen LogP contribution is 2.52. The summed E-state index contributed by atoms with van der Waals surface area (Å²) in [6, 6.07) is 7.92. The summed E-state index contributed by atoms with van der Waals surface area (Å²) in [4.78, 5) is 68.0. The minimum atomic E-state index is -5.03. The van der Waals surface area contributed by atoms with Gasteiger partial charge in [-0.1, -0.05) is 70.5 Å². The first kappa shape index (κ1) is 46.0. The summed E-state index contributed by atoms with van der Waals surface area (Å²) in [6.45, 7) is 15.7. The Kier molecular flexibility index (Phi) is 13.3. The number of piperazine rings is 1. The van der Waals surface area contributed by atoms with Gasteiger partial charge in [0.1, 0.15) is 17.6 Å². The number of urea groups is 1. The van der Waals surface area contributed by atoms with Crippen molar-refractivity contribution in [3.63, 3.8) is 0 Å². The number of halogens is 4. The third kappa shape index (κ3) is 10.3. The normalized spacial score (nSPS) is 23.4. The summed E-state index contributed by atoms with van der Waals surface area (Å²) in [5.41, 5.74) is 1.74. The second-order valence-electron chi connectivity index (χ2n) is 18.6. The van der Waals surface area contributed by atoms with Crippen LogP contribution in [0.25, 0.3) is 22.4 Å². The Labute approximate surface area is 371 Å². The number of aromatic nitrogens is 2. The van der Waals surface area contributed by atoms with Crippen molar-refractivity contribution in [2.75, 3.05) is 51.7 Å². The molecule has 0 radical (unpaired) electrons. The number of anilines is 1. The predicted octanol–water partition coefficient (Wildman–Crippen LogP) is 8.16. The maximum atomic E-state index is 13.8. The van der Waals surface area contributed by atoms with Crippen LogP contribution < -0.4 is 15.4 Å². The number of alkyl halides is 3. The van der Waals surface area contributed by atoms with E-state index in [2.05, 4.69) is 46.0 Å². The zero-order chi connectivity index (χ0) is 45.5. The van der Waals surface area contributed by atoms with Gasteiger partial charge in [-0.05, 0) is 61.5 Å². The van der Waals surface area contributed by atoms with Crippen molar-refractivity contribution in [2.45, 2.75) is 97.8 Å². The standard InChI is InChI=1S/C45H58ClF3N8O6/c1-25(2)38(53-43(61)62-7)41(59)57-23-26(3)18-36(57)39-50-22-35(51-39)29-10-8-28(9-11-29)31-19-33(46)34(20-37(31)63-45(47,48)49)52-42(60)54-14-12-30(13-15-54)56-17-16-55(24-27(56)4)40(58)32-21-44(32,5)6/h8-11,19-20,22,25-27,30,32,36,38H,12-18,21,23-24H2,1-7H3,(H,50,51)(H,52,60)(H,53,61)/t26-,27-,32+,36-,38-/m0/s1. The fourth-order valence-electron chi connectivity index (χ4n) is 9.40. The number of amides is 5. The number of hydrogen-bond acceptors (Lipinski definition) is 8. The molecule has 3 N–H and O–H groups in total. The molecule has 2 aromatic carbocycles. The van der Waals surface area contributed by atoms with Crippen LogP contribution in [0, 0.1) is 23.2 Å². The van der Waals surface area contributed by atoms with Gasteiger partial charge in [-0.2, -0.15) is 0 Å². The van der Waals surface area contributed by atoms with E-state index in [9.17, 15) is 32.3 Å². The van der Waals surface area contributed by atoms with E-state index in [-0.39, 0.29) is 69.4 Å². The molecule has 1 aromatic heterocycles. The number of carbonyl (C=O) groups excluding carboxylic acids is 4. The number of aromatic amines is 1. The molecule has 0 bridgehead atoms. The molecule has 7 rings (SSSR count). The van der Waals surface area contributed by atoms with Gasteiger partial charge in [0, 0.05) is 80.7 Å². The highest BCUT2D eigenvalue weighted by atomic mass is 35.5. The highest BCUT2D eigenvalue weighted by Gasteiger charge is 2.52. The fourth-order valence-corrected chi connectivity index (χ4v) is 9.62. The molecule has 14 nitrogen and oxygen atoms in total. The van der Waals surface area contributed by atoms with Gasteiger partial charge in [0.15, 0.2) is 0 Å². The Bertz CT molecular complexity index is 2180. The van der Waals surface area contributed by atoms with Gasteiger partial charge < -0.3 is 39.8 Å². The minimum absolute atomic E-state index is 0.0183. The number of carbonyl (C=O) groups is 4. The Hall–Kier alpha value is -5.03. The molecule has 1 aliphatic carbocycles. The lowest BCUT2D eigenvalue weighted by atomic mass is 9.99. The number of hydrogen-bond donors (Lipinski definition) is 3. The average molecular weight is 899 g/mol. The maximum Gasteiger partial charge on any atom is 0.573 e. The van der Waals surface area contributed by atoms with E-state index in [0.717, 1.165) is 31.9 Å². The van der Waals surface area contributed by atoms with Crippen LogP contribution in [0.15, 0.2) is 42.6 Å². The fraction of sp³-hybridized carbons (Fsp3) is 0.578. The van der Waals surface area contributed by atoms with Gasteiger partial charge in [0.05, 0.1) is 29.6 Å². The number of nitrogens with zero attached hydrogens (tertiary/aromatic N) is 5. The number of benzene rings is 2. The topological polar surface area (TPSA) is 152 Å². The summed E-state index contributed by atoms with van der Waals surface area (Å²) in [5.74, 6) is 0.136. The molecule has 0 spiro atoms. The minimum Gasteiger partial charge on any atom is -0.453 e. The lowest BCUT2D eigenvalue weighted by molar-refractivity contribution is -0.274. The zero-order valence-corrected chi connectivity index (χ0v) is 37.6. The second-order valence-corrected chi connectivity index (χ2v) is 19.0. The lowest BCUT2D eigenvalue weighted by Crippen LogP contribution is -2.59. The number of alkyl carbamates (subject to hydrolysis) is 1. The van der Waals surface area contributed by atoms with Crippen molar-refractivity contribution in [3.05, 3.63) is 53.4 Å². The van der Waals surface area contributed by atoms with E-state index in [4.69, 9.17) is 21.3 Å². The molecule has 4 aliphatic rings. The summed E-state index contributed by atoms with van der Waals surface area (Å²) in [5, 5.41) is 5.39. The quantitative estimate of drug-likeness (QED) is 0.185. The number of ether oxygens (including phenoxy) is 2. The monoisotopic (exact) mass is 898 g/mol. The Morgan fingerprint density at radius 2 is 1.63 bits per heavy atom. The first-order valence-electron chi connectivity index (χ1n) is 21.7. The second kappa shape index (κ2) is 18.2. The molecule has 18 heteroatoms. The first-order valence-corrected chi connectivity index (χ1v) is 22.1. The zero-order valence-electron chi connectivity index (χ0n) is 36.9. The Morgan fingerprint density at radius 3 is 2.24 bits per heavy atom. The number of piperidine rings is 1. The first-order chi connectivity index (χ1) is 29.7. The van der Waals surface area contributed by atoms with Crippen LogP contribution in [0.4, 0.5) is 28.4 Å². The van der Waals surface area contributed by atoms with Crippen LogP contribution in [0.2, 0.25) is 5.02 Å². The predicted molar refractivity (Wildman–Crippen MR) is 232 cm³/mol. The smallest absolute Gasteiger partial charge is 0.453 e. The molecule has 0 unspecified atom stereocenters. The van der Waals surface area contributed by atoms with Gasteiger partial charge in [-0.3, -0.25) is 14.5 Å². The highest BCUT2D eigenvalue weighted by molar-refractivity contribution is 6.34. The third-order valence-corrected chi connectivity index (χ3v) is 13.5. The van der Waals surface area contributed by atoms with Crippen LogP contribution in [0.5, 0.6) is 5.75 Å². The Balaban J connectivity index is 0.999. The lowest BCUT2D eigenvalue weighted by Gasteiger charge is -2.46. The van der Waals surface area contributed by atoms with E-state index >= 15 is 0 Å². The largest absolute Gasteiger partial charge is 0.573 e. The van der Waals surface area contributed by atoms with Crippen molar-refractivity contribution < 1.29 is 41.8 Å². The van der Waals surface area contributed by atoms with Gasteiger partial charge in [0.25, 0.3) is 0 Å². The molecule has 1 saturated carbocycles. The Morgan fingerprint density at radius 1 is 0.968 bits per heavy atom. The van der Waals surface area contributed by atoms with E-state index in [0.29, 0.717) is 61.8 Å². The summed E-state index contributed by atoms with van der Waals surface area (Å²) >= 11 is 6.65. The van der Waals surface area contributed by atoms with Crippen LogP contribution >= 0.6 is 11.6 Å². The average Bonchev–Trinajstić information content (AvgIpc) is 3.52. The molecule has 3 aromatic rings. The molecule has 5 amide bonds. The molecule has 5 atom stereocenters.